The number of piperidine rings is 1. The summed E-state index contributed by atoms with van der Waals surface area (Å²) in [5, 5.41) is 17.8. The van der Waals surface area contributed by atoms with Gasteiger partial charge in [-0.2, -0.15) is 26.3 Å². The van der Waals surface area contributed by atoms with Gasteiger partial charge in [0.1, 0.15) is 15.3 Å². The molecule has 0 atom stereocenters. The van der Waals surface area contributed by atoms with Crippen LogP contribution in [0.3, 0.4) is 0 Å². The molecule has 0 amide bonds. The van der Waals surface area contributed by atoms with Crippen molar-refractivity contribution in [3.8, 4) is 16.7 Å². The number of carbonyl (C=O) groups is 2. The number of carboxylic acid groups (broad SMARTS) is 2. The summed E-state index contributed by atoms with van der Waals surface area (Å²) in [5.74, 6) is -5.51. The van der Waals surface area contributed by atoms with Gasteiger partial charge in [-0.05, 0) is 49.4 Å². The van der Waals surface area contributed by atoms with Gasteiger partial charge in [-0.3, -0.25) is 9.21 Å². The number of thiophene rings is 1. The Hall–Kier alpha value is -4.84. The molecule has 14 nitrogen and oxygen atoms in total. The first kappa shape index (κ1) is 43.9. The third-order valence-electron chi connectivity index (χ3n) is 7.58. The second-order valence-corrected chi connectivity index (χ2v) is 15.6. The Morgan fingerprint density at radius 1 is 0.982 bits per heavy atom. The number of alkyl halides is 6. The summed E-state index contributed by atoms with van der Waals surface area (Å²) in [5.41, 5.74) is 2.21. The Balaban J connectivity index is 0.000000425. The minimum absolute atomic E-state index is 0.123. The summed E-state index contributed by atoms with van der Waals surface area (Å²) in [6, 6.07) is 13.4. The lowest BCUT2D eigenvalue weighted by Gasteiger charge is -2.31. The molecule has 0 spiro atoms. The first-order chi connectivity index (χ1) is 26.4. The van der Waals surface area contributed by atoms with Crippen LogP contribution in [0, 0.1) is 0 Å². The number of aliphatic carboxylic acids is 2. The number of para-hydroxylation sites is 1. The number of benzene rings is 1. The molecule has 5 heterocycles. The van der Waals surface area contributed by atoms with Crippen LogP contribution in [-0.2, 0) is 30.9 Å². The molecule has 1 fully saturated rings. The van der Waals surface area contributed by atoms with Gasteiger partial charge in [0.15, 0.2) is 0 Å². The van der Waals surface area contributed by atoms with Gasteiger partial charge in [-0.15, -0.1) is 22.7 Å². The second kappa shape index (κ2) is 19.3. The first-order valence-corrected chi connectivity index (χ1v) is 19.5. The van der Waals surface area contributed by atoms with Crippen LogP contribution >= 0.6 is 22.7 Å². The number of halogens is 6. The molecule has 1 aliphatic heterocycles. The van der Waals surface area contributed by atoms with Crippen LogP contribution in [0.5, 0.6) is 6.01 Å². The number of carboxylic acids is 2. The fourth-order valence-electron chi connectivity index (χ4n) is 5.05. The van der Waals surface area contributed by atoms with Crippen molar-refractivity contribution in [1.82, 2.24) is 24.8 Å². The molecule has 3 N–H and O–H groups in total. The van der Waals surface area contributed by atoms with Gasteiger partial charge in [0.25, 0.3) is 10.0 Å². The third kappa shape index (κ3) is 12.3. The number of rotatable bonds is 12. The maximum Gasteiger partial charge on any atom is 0.490 e. The lowest BCUT2D eigenvalue weighted by atomic mass is 10.1. The Morgan fingerprint density at radius 2 is 1.62 bits per heavy atom. The van der Waals surface area contributed by atoms with E-state index in [2.05, 4.69) is 19.9 Å². The van der Waals surface area contributed by atoms with Crippen LogP contribution in [0.25, 0.3) is 21.6 Å². The van der Waals surface area contributed by atoms with Crippen molar-refractivity contribution in [2.45, 2.75) is 49.0 Å². The Labute approximate surface area is 323 Å². The van der Waals surface area contributed by atoms with E-state index in [-0.39, 0.29) is 12.6 Å². The van der Waals surface area contributed by atoms with Gasteiger partial charge >= 0.3 is 30.3 Å². The highest BCUT2D eigenvalue weighted by atomic mass is 32.2. The molecule has 1 aromatic carbocycles. The zero-order valence-corrected chi connectivity index (χ0v) is 31.6. The van der Waals surface area contributed by atoms with E-state index in [1.165, 1.54) is 20.5 Å². The Morgan fingerprint density at radius 3 is 2.20 bits per heavy atom. The fraction of sp³-hybridized carbons (Fsp3) is 0.364. The van der Waals surface area contributed by atoms with Crippen molar-refractivity contribution in [2.75, 3.05) is 37.2 Å². The van der Waals surface area contributed by atoms with Crippen LogP contribution in [0.15, 0.2) is 70.6 Å². The van der Waals surface area contributed by atoms with Gasteiger partial charge in [0, 0.05) is 55.1 Å². The number of aromatic amines is 1. The molecular formula is C33H34F6N6O8S3. The summed E-state index contributed by atoms with van der Waals surface area (Å²) in [6.45, 7) is 5.60. The normalized spacial score (nSPS) is 14.0. The van der Waals surface area contributed by atoms with E-state index in [9.17, 15) is 34.8 Å². The van der Waals surface area contributed by atoms with Gasteiger partial charge < -0.3 is 24.7 Å². The van der Waals surface area contributed by atoms with E-state index >= 15 is 0 Å². The summed E-state index contributed by atoms with van der Waals surface area (Å²) >= 11 is 2.86. The molecule has 0 aliphatic carbocycles. The summed E-state index contributed by atoms with van der Waals surface area (Å²) in [4.78, 5) is 37.9. The highest BCUT2D eigenvalue weighted by Gasteiger charge is 2.39. The number of hydrogen-bond donors (Lipinski definition) is 3. The van der Waals surface area contributed by atoms with Crippen molar-refractivity contribution >= 4 is 61.2 Å². The minimum Gasteiger partial charge on any atom is -0.475 e. The van der Waals surface area contributed by atoms with Crippen molar-refractivity contribution in [2.24, 2.45) is 0 Å². The monoisotopic (exact) mass is 852 g/mol. The average Bonchev–Trinajstić information content (AvgIpc) is 3.93. The van der Waals surface area contributed by atoms with Gasteiger partial charge in [-0.1, -0.05) is 18.2 Å². The lowest BCUT2D eigenvalue weighted by Crippen LogP contribution is -2.37. The predicted molar refractivity (Wildman–Crippen MR) is 193 cm³/mol. The van der Waals surface area contributed by atoms with Crippen LogP contribution in [0.4, 0.5) is 32.0 Å². The SMILES string of the molecule is CCOCCN(c1cccc2cc(-c3ncc(CN4CCC(Oc5ncccn5)CC4)s3)[nH]c12)S(=O)(=O)c1cccs1.O=C(O)C(F)(F)F.O=C(O)C(F)(F)F. The minimum atomic E-state index is -5.08. The summed E-state index contributed by atoms with van der Waals surface area (Å²) in [7, 11) is -3.75. The van der Waals surface area contributed by atoms with Crippen LogP contribution in [0.1, 0.15) is 24.6 Å². The average molecular weight is 853 g/mol. The standard InChI is InChI=1S/C29H32N6O4S3.2C2HF3O2/c1-2-38-16-15-35(42(36,37)26-8-4-17-40-26)25-7-3-6-21-18-24(33-27(21)25)28-32-19-23(41-28)20-34-13-9-22(10-14-34)39-29-30-11-5-12-31-29;2*3-2(4,5)1(6)7/h3-8,11-12,17-19,22,33H,2,9-10,13-16,20H2,1H3;2*(H,6,7). The number of anilines is 1. The van der Waals surface area contributed by atoms with E-state index in [1.54, 1.807) is 47.3 Å². The van der Waals surface area contributed by atoms with Crippen molar-refractivity contribution in [3.63, 3.8) is 0 Å². The number of hydrogen-bond acceptors (Lipinski definition) is 12. The molecule has 1 saturated heterocycles. The highest BCUT2D eigenvalue weighted by molar-refractivity contribution is 7.94. The first-order valence-electron chi connectivity index (χ1n) is 16.4. The quantitative estimate of drug-likeness (QED) is 0.0894. The molecule has 6 rings (SSSR count). The lowest BCUT2D eigenvalue weighted by molar-refractivity contribution is -0.193. The van der Waals surface area contributed by atoms with Crippen molar-refractivity contribution in [3.05, 3.63) is 71.3 Å². The number of likely N-dealkylation sites (tertiary alicyclic amines) is 1. The molecule has 304 valence electrons. The Bertz CT molecular complexity index is 2100. The molecular weight excluding hydrogens is 819 g/mol. The van der Waals surface area contributed by atoms with Crippen molar-refractivity contribution in [1.29, 1.82) is 0 Å². The molecule has 0 radical (unpaired) electrons. The molecule has 5 aromatic rings. The number of H-pyrrole nitrogens is 1. The van der Waals surface area contributed by atoms with Crippen LogP contribution < -0.4 is 9.04 Å². The number of aromatic nitrogens is 4. The maximum atomic E-state index is 13.7. The predicted octanol–water partition coefficient (Wildman–Crippen LogP) is 6.68. The molecule has 1 aliphatic rings. The molecule has 0 saturated carbocycles. The maximum absolute atomic E-state index is 13.7. The smallest absolute Gasteiger partial charge is 0.475 e. The van der Waals surface area contributed by atoms with Crippen LogP contribution in [-0.4, -0.2) is 107 Å². The topological polar surface area (TPSA) is 188 Å². The molecule has 0 unspecified atom stereocenters. The van der Waals surface area contributed by atoms with Crippen LogP contribution in [0.2, 0.25) is 0 Å². The molecule has 0 bridgehead atoms. The highest BCUT2D eigenvalue weighted by Crippen LogP contribution is 2.36. The number of thiazole rings is 1. The summed E-state index contributed by atoms with van der Waals surface area (Å²) in [6.07, 6.45) is -2.89. The van der Waals surface area contributed by atoms with E-state index < -0.39 is 34.3 Å². The fourth-order valence-corrected chi connectivity index (χ4v) is 8.54. The number of ether oxygens (including phenoxy) is 2. The second-order valence-electron chi connectivity index (χ2n) is 11.5. The number of nitrogens with zero attached hydrogens (tertiary/aromatic N) is 5. The molecule has 56 heavy (non-hydrogen) atoms. The largest absolute Gasteiger partial charge is 0.490 e. The zero-order chi connectivity index (χ0) is 41.1. The number of sulfonamides is 1. The van der Waals surface area contributed by atoms with Crippen molar-refractivity contribution < 1.29 is 64.0 Å². The third-order valence-corrected chi connectivity index (χ3v) is 11.8. The number of nitrogens with one attached hydrogen (secondary N) is 1. The van der Waals surface area contributed by atoms with E-state index in [0.29, 0.717) is 29.1 Å². The van der Waals surface area contributed by atoms with E-state index in [4.69, 9.17) is 34.3 Å². The van der Waals surface area contributed by atoms with Gasteiger partial charge in [-0.25, -0.2) is 33.0 Å². The zero-order valence-electron chi connectivity index (χ0n) is 29.2. The molecule has 23 heteroatoms. The summed E-state index contributed by atoms with van der Waals surface area (Å²) < 4.78 is 104. The van der Waals surface area contributed by atoms with Gasteiger partial charge in [0.2, 0.25) is 0 Å². The Kier molecular flexibility index (Phi) is 15.2. The van der Waals surface area contributed by atoms with Gasteiger partial charge in [0.05, 0.1) is 30.0 Å². The van der Waals surface area contributed by atoms with E-state index in [1.807, 2.05) is 37.4 Å². The van der Waals surface area contributed by atoms with E-state index in [0.717, 1.165) is 54.1 Å². The molecule has 4 aromatic heterocycles. The number of fused-ring (bicyclic) bond motifs is 1.